The van der Waals surface area contributed by atoms with Crippen LogP contribution in [0.15, 0.2) is 30.9 Å². The number of esters is 1. The molecule has 0 aliphatic heterocycles. The predicted molar refractivity (Wildman–Crippen MR) is 78.3 cm³/mol. The van der Waals surface area contributed by atoms with Crippen molar-refractivity contribution < 1.29 is 19.0 Å². The van der Waals surface area contributed by atoms with Gasteiger partial charge in [0.15, 0.2) is 11.5 Å². The molecule has 0 heterocycles. The third-order valence-electron chi connectivity index (χ3n) is 2.70. The second-order valence-electron chi connectivity index (χ2n) is 4.24. The SMILES string of the molecule is C=CCc1ccc(OCCCC(=O)OCC)c(OC)c1. The Labute approximate surface area is 120 Å². The monoisotopic (exact) mass is 278 g/mol. The molecule has 4 nitrogen and oxygen atoms in total. The Hall–Kier alpha value is -1.97. The zero-order valence-electron chi connectivity index (χ0n) is 12.2. The number of benzene rings is 1. The van der Waals surface area contributed by atoms with Crippen LogP contribution < -0.4 is 9.47 Å². The summed E-state index contributed by atoms with van der Waals surface area (Å²) < 4.78 is 15.8. The molecule has 0 bridgehead atoms. The van der Waals surface area contributed by atoms with Crippen molar-refractivity contribution in [3.05, 3.63) is 36.4 Å². The molecule has 110 valence electrons. The van der Waals surface area contributed by atoms with Crippen molar-refractivity contribution in [3.8, 4) is 11.5 Å². The Morgan fingerprint density at radius 2 is 2.15 bits per heavy atom. The zero-order chi connectivity index (χ0) is 14.8. The van der Waals surface area contributed by atoms with Crippen LogP contribution in [-0.4, -0.2) is 26.3 Å². The fourth-order valence-corrected chi connectivity index (χ4v) is 1.76. The van der Waals surface area contributed by atoms with Crippen LogP contribution in [0, 0.1) is 0 Å². The minimum atomic E-state index is -0.190. The maximum Gasteiger partial charge on any atom is 0.305 e. The maximum atomic E-state index is 11.2. The van der Waals surface area contributed by atoms with E-state index in [1.54, 1.807) is 14.0 Å². The van der Waals surface area contributed by atoms with Gasteiger partial charge in [-0.3, -0.25) is 4.79 Å². The maximum absolute atomic E-state index is 11.2. The summed E-state index contributed by atoms with van der Waals surface area (Å²) in [6.07, 6.45) is 3.62. The van der Waals surface area contributed by atoms with Crippen molar-refractivity contribution in [1.29, 1.82) is 0 Å². The van der Waals surface area contributed by atoms with Crippen molar-refractivity contribution in [1.82, 2.24) is 0 Å². The molecule has 0 amide bonds. The summed E-state index contributed by atoms with van der Waals surface area (Å²) in [6.45, 7) is 6.38. The Morgan fingerprint density at radius 1 is 1.35 bits per heavy atom. The van der Waals surface area contributed by atoms with E-state index >= 15 is 0 Å². The first-order valence-electron chi connectivity index (χ1n) is 6.77. The van der Waals surface area contributed by atoms with Crippen LogP contribution in [0.4, 0.5) is 0 Å². The highest BCUT2D eigenvalue weighted by molar-refractivity contribution is 5.69. The minimum Gasteiger partial charge on any atom is -0.493 e. The van der Waals surface area contributed by atoms with Crippen LogP contribution in [0.25, 0.3) is 0 Å². The first kappa shape index (κ1) is 16.1. The Balaban J connectivity index is 2.47. The van der Waals surface area contributed by atoms with Crippen LogP contribution >= 0.6 is 0 Å². The third kappa shape index (κ3) is 5.34. The lowest BCUT2D eigenvalue weighted by Crippen LogP contribution is -2.07. The average Bonchev–Trinajstić information content (AvgIpc) is 2.45. The molecule has 1 rings (SSSR count). The van der Waals surface area contributed by atoms with E-state index in [1.165, 1.54) is 0 Å². The average molecular weight is 278 g/mol. The van der Waals surface area contributed by atoms with Gasteiger partial charge in [-0.05, 0) is 37.5 Å². The zero-order valence-corrected chi connectivity index (χ0v) is 12.2. The van der Waals surface area contributed by atoms with Gasteiger partial charge in [-0.15, -0.1) is 6.58 Å². The van der Waals surface area contributed by atoms with Crippen molar-refractivity contribution in [3.63, 3.8) is 0 Å². The first-order valence-corrected chi connectivity index (χ1v) is 6.77. The lowest BCUT2D eigenvalue weighted by molar-refractivity contribution is -0.143. The van der Waals surface area contributed by atoms with Gasteiger partial charge in [0.1, 0.15) is 0 Å². The van der Waals surface area contributed by atoms with Gasteiger partial charge in [0, 0.05) is 6.42 Å². The van der Waals surface area contributed by atoms with Crippen molar-refractivity contribution in [2.75, 3.05) is 20.3 Å². The molecule has 0 N–H and O–H groups in total. The molecule has 0 aromatic heterocycles. The topological polar surface area (TPSA) is 44.8 Å². The van der Waals surface area contributed by atoms with Crippen molar-refractivity contribution >= 4 is 5.97 Å². The normalized spacial score (nSPS) is 9.90. The highest BCUT2D eigenvalue weighted by atomic mass is 16.5. The van der Waals surface area contributed by atoms with E-state index in [0.29, 0.717) is 37.6 Å². The largest absolute Gasteiger partial charge is 0.493 e. The molecule has 0 unspecified atom stereocenters. The molecule has 0 saturated carbocycles. The highest BCUT2D eigenvalue weighted by Gasteiger charge is 2.06. The molecule has 0 fully saturated rings. The highest BCUT2D eigenvalue weighted by Crippen LogP contribution is 2.28. The summed E-state index contributed by atoms with van der Waals surface area (Å²) in [6, 6.07) is 5.79. The van der Waals surface area contributed by atoms with Crippen molar-refractivity contribution in [2.45, 2.75) is 26.2 Å². The van der Waals surface area contributed by atoms with Crippen LogP contribution in [0.5, 0.6) is 11.5 Å². The van der Waals surface area contributed by atoms with E-state index in [4.69, 9.17) is 14.2 Å². The number of hydrogen-bond acceptors (Lipinski definition) is 4. The fourth-order valence-electron chi connectivity index (χ4n) is 1.76. The van der Waals surface area contributed by atoms with Crippen LogP contribution in [0.3, 0.4) is 0 Å². The Bertz CT molecular complexity index is 440. The molecule has 0 saturated heterocycles. The molecule has 20 heavy (non-hydrogen) atoms. The molecule has 0 spiro atoms. The molecule has 0 radical (unpaired) electrons. The predicted octanol–water partition coefficient (Wildman–Crippen LogP) is 3.15. The third-order valence-corrected chi connectivity index (χ3v) is 2.70. The number of ether oxygens (including phenoxy) is 3. The van der Waals surface area contributed by atoms with Gasteiger partial charge in [-0.1, -0.05) is 12.1 Å². The van der Waals surface area contributed by atoms with Crippen LogP contribution in [0.1, 0.15) is 25.3 Å². The number of hydrogen-bond donors (Lipinski definition) is 0. The summed E-state index contributed by atoms with van der Waals surface area (Å²) in [7, 11) is 1.61. The second-order valence-corrected chi connectivity index (χ2v) is 4.24. The first-order chi connectivity index (χ1) is 9.71. The lowest BCUT2D eigenvalue weighted by Gasteiger charge is -2.11. The summed E-state index contributed by atoms with van der Waals surface area (Å²) in [5.41, 5.74) is 1.12. The molecular weight excluding hydrogens is 256 g/mol. The molecule has 1 aromatic carbocycles. The minimum absolute atomic E-state index is 0.190. The van der Waals surface area contributed by atoms with E-state index in [0.717, 1.165) is 12.0 Å². The van der Waals surface area contributed by atoms with Gasteiger partial charge < -0.3 is 14.2 Å². The number of methoxy groups -OCH3 is 1. The molecule has 0 atom stereocenters. The quantitative estimate of drug-likeness (QED) is 0.395. The Morgan fingerprint density at radius 3 is 2.80 bits per heavy atom. The van der Waals surface area contributed by atoms with E-state index < -0.39 is 0 Å². The molecule has 1 aromatic rings. The van der Waals surface area contributed by atoms with Gasteiger partial charge >= 0.3 is 5.97 Å². The summed E-state index contributed by atoms with van der Waals surface area (Å²) in [5, 5.41) is 0. The number of carbonyl (C=O) groups is 1. The van der Waals surface area contributed by atoms with Crippen LogP contribution in [-0.2, 0) is 16.0 Å². The van der Waals surface area contributed by atoms with Crippen molar-refractivity contribution in [2.24, 2.45) is 0 Å². The lowest BCUT2D eigenvalue weighted by atomic mass is 10.1. The number of rotatable bonds is 9. The molecule has 0 aliphatic rings. The van der Waals surface area contributed by atoms with Crippen LogP contribution in [0.2, 0.25) is 0 Å². The number of allylic oxidation sites excluding steroid dienone is 1. The van der Waals surface area contributed by atoms with E-state index in [1.807, 2.05) is 24.3 Å². The fraction of sp³-hybridized carbons (Fsp3) is 0.438. The van der Waals surface area contributed by atoms with E-state index in [-0.39, 0.29) is 5.97 Å². The number of carbonyl (C=O) groups excluding carboxylic acids is 1. The van der Waals surface area contributed by atoms with Gasteiger partial charge in [0.05, 0.1) is 20.3 Å². The summed E-state index contributed by atoms with van der Waals surface area (Å²) in [4.78, 5) is 11.2. The smallest absolute Gasteiger partial charge is 0.305 e. The van der Waals surface area contributed by atoms with Gasteiger partial charge in [0.25, 0.3) is 0 Å². The molecular formula is C16H22O4. The van der Waals surface area contributed by atoms with Gasteiger partial charge in [-0.25, -0.2) is 0 Å². The standard InChI is InChI=1S/C16H22O4/c1-4-7-13-9-10-14(15(12-13)18-3)20-11-6-8-16(17)19-5-2/h4,9-10,12H,1,5-8,11H2,2-3H3. The summed E-state index contributed by atoms with van der Waals surface area (Å²) in [5.74, 6) is 1.19. The Kier molecular flexibility index (Phi) is 7.25. The van der Waals surface area contributed by atoms with Gasteiger partial charge in [-0.2, -0.15) is 0 Å². The van der Waals surface area contributed by atoms with Gasteiger partial charge in [0.2, 0.25) is 0 Å². The summed E-state index contributed by atoms with van der Waals surface area (Å²) >= 11 is 0. The van der Waals surface area contributed by atoms with E-state index in [9.17, 15) is 4.79 Å². The van der Waals surface area contributed by atoms with E-state index in [2.05, 4.69) is 6.58 Å². The molecule has 0 aliphatic carbocycles. The second kappa shape index (κ2) is 9.02. The molecule has 4 heteroatoms.